The number of pyridine rings is 1. The monoisotopic (exact) mass is 385 g/mol. The molecule has 0 spiro atoms. The lowest BCUT2D eigenvalue weighted by atomic mass is 10.1. The Morgan fingerprint density at radius 2 is 1.83 bits per heavy atom. The van der Waals surface area contributed by atoms with Gasteiger partial charge in [0.15, 0.2) is 5.65 Å². The summed E-state index contributed by atoms with van der Waals surface area (Å²) in [5.41, 5.74) is 7.53. The minimum atomic E-state index is -0.0478. The second kappa shape index (κ2) is 7.83. The maximum absolute atomic E-state index is 12.5. The molecule has 29 heavy (non-hydrogen) atoms. The molecular weight excluding hydrogens is 362 g/mol. The van der Waals surface area contributed by atoms with Crippen LogP contribution in [0.25, 0.3) is 16.8 Å². The summed E-state index contributed by atoms with van der Waals surface area (Å²) in [5.74, 6) is -0.0478. The van der Waals surface area contributed by atoms with Crippen LogP contribution in [0.5, 0.6) is 0 Å². The number of hydrogen-bond acceptors (Lipinski definition) is 4. The van der Waals surface area contributed by atoms with Gasteiger partial charge in [0.25, 0.3) is 0 Å². The molecule has 0 saturated carbocycles. The van der Waals surface area contributed by atoms with Crippen molar-refractivity contribution in [3.05, 3.63) is 83.1 Å². The number of rotatable bonds is 5. The average Bonchev–Trinajstić information content (AvgIpc) is 3.07. The van der Waals surface area contributed by atoms with Gasteiger partial charge >= 0.3 is 0 Å². The fourth-order valence-corrected chi connectivity index (χ4v) is 3.59. The van der Waals surface area contributed by atoms with Crippen LogP contribution in [0, 0.1) is 20.8 Å². The first-order valence-corrected chi connectivity index (χ1v) is 9.61. The summed E-state index contributed by atoms with van der Waals surface area (Å²) in [6, 6.07) is 14.0. The molecule has 0 unspecified atom stereocenters. The van der Waals surface area contributed by atoms with Crippen LogP contribution in [-0.2, 0) is 17.8 Å². The summed E-state index contributed by atoms with van der Waals surface area (Å²) in [6.45, 7) is 6.39. The summed E-state index contributed by atoms with van der Waals surface area (Å²) < 4.78 is 1.86. The van der Waals surface area contributed by atoms with Crippen LogP contribution >= 0.6 is 0 Å². The smallest absolute Gasteiger partial charge is 0.224 e. The first-order valence-electron chi connectivity index (χ1n) is 9.61. The van der Waals surface area contributed by atoms with Crippen LogP contribution in [-0.4, -0.2) is 25.5 Å². The lowest BCUT2D eigenvalue weighted by Gasteiger charge is -2.12. The number of benzene rings is 1. The van der Waals surface area contributed by atoms with E-state index in [1.165, 1.54) is 0 Å². The number of carbonyl (C=O) groups excluding carboxylic acids is 1. The van der Waals surface area contributed by atoms with Crippen LogP contribution in [0.2, 0.25) is 0 Å². The molecule has 0 aliphatic rings. The molecule has 0 atom stereocenters. The third-order valence-corrected chi connectivity index (χ3v) is 5.11. The van der Waals surface area contributed by atoms with Crippen molar-refractivity contribution in [2.75, 3.05) is 0 Å². The van der Waals surface area contributed by atoms with Gasteiger partial charge in [0.05, 0.1) is 12.1 Å². The maximum atomic E-state index is 12.5. The number of carbonyl (C=O) groups is 1. The number of nitrogens with one attached hydrogen (secondary N) is 1. The van der Waals surface area contributed by atoms with Crippen molar-refractivity contribution in [1.82, 2.24) is 24.9 Å². The molecule has 0 aliphatic heterocycles. The van der Waals surface area contributed by atoms with E-state index >= 15 is 0 Å². The van der Waals surface area contributed by atoms with Crippen molar-refractivity contribution in [2.45, 2.75) is 33.7 Å². The number of nitrogens with zero attached hydrogens (tertiary/aromatic N) is 4. The predicted octanol–water partition coefficient (Wildman–Crippen LogP) is 3.58. The highest BCUT2D eigenvalue weighted by atomic mass is 16.1. The normalized spacial score (nSPS) is 11.0. The topological polar surface area (TPSA) is 72.2 Å². The third kappa shape index (κ3) is 3.74. The van der Waals surface area contributed by atoms with E-state index in [4.69, 9.17) is 10.1 Å². The first kappa shape index (κ1) is 18.8. The van der Waals surface area contributed by atoms with Gasteiger partial charge in [0.1, 0.15) is 0 Å². The van der Waals surface area contributed by atoms with Crippen molar-refractivity contribution in [1.29, 1.82) is 0 Å². The minimum absolute atomic E-state index is 0.0478. The van der Waals surface area contributed by atoms with Crippen molar-refractivity contribution in [3.63, 3.8) is 0 Å². The summed E-state index contributed by atoms with van der Waals surface area (Å²) in [7, 11) is 0. The van der Waals surface area contributed by atoms with Crippen molar-refractivity contribution >= 4 is 11.6 Å². The van der Waals surface area contributed by atoms with E-state index < -0.39 is 0 Å². The number of aromatic nitrogens is 4. The van der Waals surface area contributed by atoms with E-state index in [-0.39, 0.29) is 12.3 Å². The van der Waals surface area contributed by atoms with Crippen molar-refractivity contribution < 1.29 is 4.79 Å². The number of amides is 1. The van der Waals surface area contributed by atoms with E-state index in [1.807, 2.05) is 55.6 Å². The zero-order valence-electron chi connectivity index (χ0n) is 16.8. The molecule has 6 heteroatoms. The summed E-state index contributed by atoms with van der Waals surface area (Å²) >= 11 is 0. The summed E-state index contributed by atoms with van der Waals surface area (Å²) in [4.78, 5) is 21.4. The van der Waals surface area contributed by atoms with Crippen LogP contribution in [0.4, 0.5) is 0 Å². The molecule has 4 rings (SSSR count). The Bertz CT molecular complexity index is 1170. The molecule has 1 N–H and O–H groups in total. The van der Waals surface area contributed by atoms with Crippen LogP contribution in [0.1, 0.15) is 28.2 Å². The highest BCUT2D eigenvalue weighted by Gasteiger charge is 2.19. The van der Waals surface area contributed by atoms with Crippen LogP contribution in [0.15, 0.2) is 54.9 Å². The van der Waals surface area contributed by atoms with E-state index in [0.717, 1.165) is 45.0 Å². The van der Waals surface area contributed by atoms with E-state index in [0.29, 0.717) is 6.54 Å². The fourth-order valence-electron chi connectivity index (χ4n) is 3.59. The molecule has 0 bridgehead atoms. The van der Waals surface area contributed by atoms with Gasteiger partial charge < -0.3 is 5.32 Å². The Balaban J connectivity index is 1.63. The highest BCUT2D eigenvalue weighted by molar-refractivity contribution is 5.82. The van der Waals surface area contributed by atoms with Gasteiger partial charge in [-0.05, 0) is 38.0 Å². The molecule has 0 radical (unpaired) electrons. The third-order valence-electron chi connectivity index (χ3n) is 5.11. The molecule has 1 amide bonds. The lowest BCUT2D eigenvalue weighted by molar-refractivity contribution is -0.120. The SMILES string of the molecule is Cc1nc2c(-c3ccccc3)c(C)nn2c(C)c1CC(=O)NCc1cccnc1. The van der Waals surface area contributed by atoms with Gasteiger partial charge in [0, 0.05) is 41.5 Å². The zero-order chi connectivity index (χ0) is 20.4. The number of hydrogen-bond donors (Lipinski definition) is 1. The Labute approximate surface area is 169 Å². The fraction of sp³-hybridized carbons (Fsp3) is 0.217. The number of fused-ring (bicyclic) bond motifs is 1. The second-order valence-corrected chi connectivity index (χ2v) is 7.14. The molecule has 3 heterocycles. The molecule has 0 fully saturated rings. The Hall–Kier alpha value is -3.54. The second-order valence-electron chi connectivity index (χ2n) is 7.14. The lowest BCUT2D eigenvalue weighted by Crippen LogP contribution is -2.26. The van der Waals surface area contributed by atoms with Gasteiger partial charge in [0.2, 0.25) is 5.91 Å². The molecule has 0 saturated heterocycles. The van der Waals surface area contributed by atoms with Gasteiger partial charge in [-0.3, -0.25) is 9.78 Å². The van der Waals surface area contributed by atoms with E-state index in [2.05, 4.69) is 22.4 Å². The van der Waals surface area contributed by atoms with E-state index in [1.54, 1.807) is 12.4 Å². The first-order chi connectivity index (χ1) is 14.0. The van der Waals surface area contributed by atoms with Gasteiger partial charge in [-0.2, -0.15) is 5.10 Å². The molecule has 146 valence electrons. The minimum Gasteiger partial charge on any atom is -0.352 e. The van der Waals surface area contributed by atoms with Crippen molar-refractivity contribution in [2.24, 2.45) is 0 Å². The molecule has 4 aromatic rings. The van der Waals surface area contributed by atoms with Crippen molar-refractivity contribution in [3.8, 4) is 11.1 Å². The summed E-state index contributed by atoms with van der Waals surface area (Å²) in [6.07, 6.45) is 3.73. The van der Waals surface area contributed by atoms with Gasteiger partial charge in [-0.15, -0.1) is 0 Å². The van der Waals surface area contributed by atoms with Crippen LogP contribution in [0.3, 0.4) is 0 Å². The molecule has 0 aliphatic carbocycles. The van der Waals surface area contributed by atoms with Crippen LogP contribution < -0.4 is 5.32 Å². The molecular formula is C23H23N5O. The molecule has 3 aromatic heterocycles. The predicted molar refractivity (Wildman–Crippen MR) is 112 cm³/mol. The average molecular weight is 385 g/mol. The Morgan fingerprint density at radius 1 is 1.03 bits per heavy atom. The molecule has 6 nitrogen and oxygen atoms in total. The van der Waals surface area contributed by atoms with Gasteiger partial charge in [-0.1, -0.05) is 36.4 Å². The maximum Gasteiger partial charge on any atom is 0.224 e. The molecule has 1 aromatic carbocycles. The number of aryl methyl sites for hydroxylation is 3. The summed E-state index contributed by atoms with van der Waals surface area (Å²) in [5, 5.41) is 7.66. The highest BCUT2D eigenvalue weighted by Crippen LogP contribution is 2.29. The largest absolute Gasteiger partial charge is 0.352 e. The zero-order valence-corrected chi connectivity index (χ0v) is 16.8. The standard InChI is InChI=1S/C23H23N5O/c1-15-20(12-21(29)25-14-18-8-7-11-24-13-18)17(3)28-23(26-15)22(16(2)27-28)19-9-5-4-6-10-19/h4-11,13H,12,14H2,1-3H3,(H,25,29). The van der Waals surface area contributed by atoms with Gasteiger partial charge in [-0.25, -0.2) is 9.50 Å². The quantitative estimate of drug-likeness (QED) is 0.570. The Kier molecular flexibility index (Phi) is 5.08. The Morgan fingerprint density at radius 3 is 2.55 bits per heavy atom. The van der Waals surface area contributed by atoms with E-state index in [9.17, 15) is 4.79 Å².